The van der Waals surface area contributed by atoms with E-state index < -0.39 is 0 Å². The number of hydrogen-bond donors (Lipinski definition) is 2. The minimum absolute atomic E-state index is 0.816. The first kappa shape index (κ1) is 15.7. The van der Waals surface area contributed by atoms with Crippen LogP contribution in [0.15, 0.2) is 40.1 Å². The van der Waals surface area contributed by atoms with Gasteiger partial charge in [0.1, 0.15) is 0 Å². The van der Waals surface area contributed by atoms with E-state index in [-0.39, 0.29) is 0 Å². The van der Waals surface area contributed by atoms with E-state index in [2.05, 4.69) is 42.1 Å². The van der Waals surface area contributed by atoms with E-state index in [0.29, 0.717) is 0 Å². The molecular weight excluding hydrogens is 210 g/mol. The first-order chi connectivity index (χ1) is 7.92. The SMILES string of the molecule is C=C(C)/C(=C\C(NC(C)=NC)=C(C)C)CNC. The van der Waals surface area contributed by atoms with Gasteiger partial charge in [-0.2, -0.15) is 0 Å². The molecule has 0 aromatic carbocycles. The monoisotopic (exact) mass is 235 g/mol. The molecule has 0 heterocycles. The molecular formula is C14H25N3. The van der Waals surface area contributed by atoms with Crippen LogP contribution in [-0.2, 0) is 0 Å². The van der Waals surface area contributed by atoms with Crippen LogP contribution in [0.1, 0.15) is 27.7 Å². The molecule has 96 valence electrons. The van der Waals surface area contributed by atoms with E-state index in [1.54, 1.807) is 7.05 Å². The van der Waals surface area contributed by atoms with E-state index >= 15 is 0 Å². The molecule has 0 aliphatic carbocycles. The van der Waals surface area contributed by atoms with Crippen molar-refractivity contribution in [3.8, 4) is 0 Å². The molecule has 17 heavy (non-hydrogen) atoms. The van der Waals surface area contributed by atoms with Crippen molar-refractivity contribution in [1.29, 1.82) is 0 Å². The molecule has 0 saturated heterocycles. The number of rotatable bonds is 5. The topological polar surface area (TPSA) is 36.4 Å². The number of hydrogen-bond acceptors (Lipinski definition) is 2. The van der Waals surface area contributed by atoms with Crippen molar-refractivity contribution in [1.82, 2.24) is 10.6 Å². The molecule has 0 rings (SSSR count). The highest BCUT2D eigenvalue weighted by atomic mass is 15.0. The van der Waals surface area contributed by atoms with Gasteiger partial charge < -0.3 is 10.6 Å². The van der Waals surface area contributed by atoms with Gasteiger partial charge in [0.05, 0.1) is 5.84 Å². The molecule has 0 bridgehead atoms. The average Bonchev–Trinajstić information content (AvgIpc) is 2.26. The summed E-state index contributed by atoms with van der Waals surface area (Å²) in [5.41, 5.74) is 4.58. The lowest BCUT2D eigenvalue weighted by Gasteiger charge is -2.12. The standard InChI is InChI=1S/C14H25N3/c1-10(2)13(9-15-6)8-14(11(3)4)17-12(5)16-7/h8,15H,1,9H2,2-7H3,(H,16,17)/b13-8-. The summed E-state index contributed by atoms with van der Waals surface area (Å²) in [7, 11) is 3.72. The van der Waals surface area contributed by atoms with E-state index in [1.807, 2.05) is 20.9 Å². The molecule has 0 unspecified atom stereocenters. The van der Waals surface area contributed by atoms with E-state index in [4.69, 9.17) is 0 Å². The second-order valence-electron chi connectivity index (χ2n) is 4.33. The van der Waals surface area contributed by atoms with Gasteiger partial charge in [-0.1, -0.05) is 17.7 Å². The van der Waals surface area contributed by atoms with Gasteiger partial charge >= 0.3 is 0 Å². The lowest BCUT2D eigenvalue weighted by atomic mass is 10.1. The van der Waals surface area contributed by atoms with E-state index in [9.17, 15) is 0 Å². The van der Waals surface area contributed by atoms with Crippen LogP contribution in [0, 0.1) is 0 Å². The predicted molar refractivity (Wildman–Crippen MR) is 77.4 cm³/mol. The van der Waals surface area contributed by atoms with Gasteiger partial charge in [0.2, 0.25) is 0 Å². The molecule has 0 amide bonds. The number of nitrogens with zero attached hydrogens (tertiary/aromatic N) is 1. The third-order valence-electron chi connectivity index (χ3n) is 2.42. The van der Waals surface area contributed by atoms with Crippen molar-refractivity contribution in [2.75, 3.05) is 20.6 Å². The number of likely N-dealkylation sites (N-methyl/N-ethyl adjacent to an activating group) is 1. The first-order valence-corrected chi connectivity index (χ1v) is 5.81. The Morgan fingerprint density at radius 1 is 1.24 bits per heavy atom. The third kappa shape index (κ3) is 6.07. The van der Waals surface area contributed by atoms with Gasteiger partial charge in [-0.05, 0) is 46.4 Å². The Bertz CT molecular complexity index is 356. The largest absolute Gasteiger partial charge is 0.344 e. The zero-order valence-corrected chi connectivity index (χ0v) is 11.9. The molecule has 0 aromatic heterocycles. The third-order valence-corrected chi connectivity index (χ3v) is 2.42. The maximum atomic E-state index is 4.11. The zero-order chi connectivity index (χ0) is 13.4. The molecule has 3 nitrogen and oxygen atoms in total. The normalized spacial score (nSPS) is 12.4. The molecule has 0 aromatic rings. The highest BCUT2D eigenvalue weighted by Crippen LogP contribution is 2.11. The van der Waals surface area contributed by atoms with Crippen LogP contribution < -0.4 is 10.6 Å². The lowest BCUT2D eigenvalue weighted by Crippen LogP contribution is -2.21. The van der Waals surface area contributed by atoms with Crippen molar-refractivity contribution in [3.63, 3.8) is 0 Å². The van der Waals surface area contributed by atoms with Crippen LogP contribution in [0.4, 0.5) is 0 Å². The molecule has 0 spiro atoms. The van der Waals surface area contributed by atoms with Gasteiger partial charge in [-0.15, -0.1) is 0 Å². The number of aliphatic imine (C=N–C) groups is 1. The number of nitrogens with one attached hydrogen (secondary N) is 2. The van der Waals surface area contributed by atoms with Crippen LogP contribution in [-0.4, -0.2) is 26.5 Å². The van der Waals surface area contributed by atoms with Crippen molar-refractivity contribution in [2.24, 2.45) is 4.99 Å². The highest BCUT2D eigenvalue weighted by Gasteiger charge is 2.02. The fourth-order valence-corrected chi connectivity index (χ4v) is 1.25. The van der Waals surface area contributed by atoms with Crippen LogP contribution in [0.5, 0.6) is 0 Å². The smallest absolute Gasteiger partial charge is 0.0972 e. The lowest BCUT2D eigenvalue weighted by molar-refractivity contribution is 0.882. The van der Waals surface area contributed by atoms with Crippen molar-refractivity contribution >= 4 is 5.84 Å². The molecule has 2 N–H and O–H groups in total. The second-order valence-corrected chi connectivity index (χ2v) is 4.33. The van der Waals surface area contributed by atoms with Gasteiger partial charge in [-0.3, -0.25) is 4.99 Å². The zero-order valence-electron chi connectivity index (χ0n) is 11.9. The van der Waals surface area contributed by atoms with Crippen molar-refractivity contribution in [2.45, 2.75) is 27.7 Å². The van der Waals surface area contributed by atoms with Crippen LogP contribution in [0.3, 0.4) is 0 Å². The van der Waals surface area contributed by atoms with Crippen LogP contribution in [0.2, 0.25) is 0 Å². The second kappa shape index (κ2) is 7.85. The first-order valence-electron chi connectivity index (χ1n) is 5.81. The minimum Gasteiger partial charge on any atom is -0.344 e. The fraction of sp³-hybridized carbons (Fsp3) is 0.500. The molecule has 0 aliphatic heterocycles. The maximum absolute atomic E-state index is 4.11. The average molecular weight is 235 g/mol. The summed E-state index contributed by atoms with van der Waals surface area (Å²) in [4.78, 5) is 4.11. The van der Waals surface area contributed by atoms with Gasteiger partial charge in [0.25, 0.3) is 0 Å². The molecule has 0 atom stereocenters. The fourth-order valence-electron chi connectivity index (χ4n) is 1.25. The number of allylic oxidation sites excluding steroid dienone is 2. The van der Waals surface area contributed by atoms with E-state index in [0.717, 1.165) is 23.7 Å². The number of amidine groups is 1. The molecule has 0 radical (unpaired) electrons. The van der Waals surface area contributed by atoms with Crippen LogP contribution >= 0.6 is 0 Å². The summed E-state index contributed by atoms with van der Waals surface area (Å²) in [6, 6.07) is 0. The quantitative estimate of drug-likeness (QED) is 0.436. The summed E-state index contributed by atoms with van der Waals surface area (Å²) >= 11 is 0. The predicted octanol–water partition coefficient (Wildman–Crippen LogP) is 2.64. The summed E-state index contributed by atoms with van der Waals surface area (Å²) in [6.45, 7) is 12.9. The van der Waals surface area contributed by atoms with E-state index in [1.165, 1.54) is 11.1 Å². The van der Waals surface area contributed by atoms with Crippen LogP contribution in [0.25, 0.3) is 0 Å². The molecule has 3 heteroatoms. The minimum atomic E-state index is 0.816. The van der Waals surface area contributed by atoms with Gasteiger partial charge in [0, 0.05) is 19.3 Å². The summed E-state index contributed by atoms with van der Waals surface area (Å²) < 4.78 is 0. The summed E-state index contributed by atoms with van der Waals surface area (Å²) in [5, 5.41) is 6.45. The Morgan fingerprint density at radius 3 is 2.18 bits per heavy atom. The van der Waals surface area contributed by atoms with Crippen molar-refractivity contribution < 1.29 is 0 Å². The Kier molecular flexibility index (Phi) is 7.22. The molecule has 0 saturated carbocycles. The summed E-state index contributed by atoms with van der Waals surface area (Å²) in [6.07, 6.45) is 2.13. The highest BCUT2D eigenvalue weighted by molar-refractivity contribution is 5.81. The Labute approximate surface area is 105 Å². The molecule has 0 aliphatic rings. The van der Waals surface area contributed by atoms with Gasteiger partial charge in [-0.25, -0.2) is 0 Å². The summed E-state index contributed by atoms with van der Waals surface area (Å²) in [5.74, 6) is 0.906. The Balaban J connectivity index is 5.16. The molecule has 0 fully saturated rings. The van der Waals surface area contributed by atoms with Gasteiger partial charge in [0.15, 0.2) is 0 Å². The Morgan fingerprint density at radius 2 is 1.82 bits per heavy atom. The maximum Gasteiger partial charge on any atom is 0.0972 e. The van der Waals surface area contributed by atoms with Crippen molar-refractivity contribution in [3.05, 3.63) is 35.1 Å². The Hall–Kier alpha value is -1.35.